The van der Waals surface area contributed by atoms with E-state index in [1.807, 2.05) is 6.20 Å². The molecular formula is C54H44IrN3-. The number of pyridine rings is 1. The molecule has 0 fully saturated rings. The first-order valence-electron chi connectivity index (χ1n) is 20.1. The van der Waals surface area contributed by atoms with Crippen molar-refractivity contribution in [2.75, 3.05) is 9.80 Å². The van der Waals surface area contributed by atoms with E-state index < -0.39 is 0 Å². The van der Waals surface area contributed by atoms with Crippen LogP contribution in [0.2, 0.25) is 0 Å². The van der Waals surface area contributed by atoms with Gasteiger partial charge in [0.25, 0.3) is 0 Å². The Morgan fingerprint density at radius 1 is 0.483 bits per heavy atom. The van der Waals surface area contributed by atoms with E-state index in [-0.39, 0.29) is 36.4 Å². The monoisotopic (exact) mass is 927 g/mol. The minimum absolute atomic E-state index is 0. The number of aromatic nitrogens is 1. The Kier molecular flexibility index (Phi) is 8.09. The standard InChI is InChI=1S/C54H44N3.Ir/c1-52(2)42-25-16-26-43-49(42)57-50-44(52)30-37(35-18-15-19-36(29-35)48-41-24-14-13-17-34(41)27-28-55-48)31-45(50)54(5,6)47-33-40(32-46(51(47)57)53(43,3)4)56(38-20-9-7-10-21-38)39-22-11-8-12-23-39;/h7-18,20-33H,1-6H3;/q-1;. The summed E-state index contributed by atoms with van der Waals surface area (Å²) in [6.07, 6.45) is 1.91. The van der Waals surface area contributed by atoms with Crippen LogP contribution in [0.15, 0.2) is 158 Å². The van der Waals surface area contributed by atoms with Crippen molar-refractivity contribution in [3.05, 3.63) is 197 Å². The van der Waals surface area contributed by atoms with Crippen LogP contribution in [-0.2, 0) is 36.4 Å². The molecule has 1 aromatic heterocycles. The number of benzene rings is 7. The normalized spacial score (nSPS) is 15.7. The Morgan fingerprint density at radius 2 is 1.00 bits per heavy atom. The largest absolute Gasteiger partial charge is 0.310 e. The summed E-state index contributed by atoms with van der Waals surface area (Å²) in [5, 5.41) is 2.32. The van der Waals surface area contributed by atoms with Gasteiger partial charge in [0.1, 0.15) is 0 Å². The fraction of sp³-hybridized carbons (Fsp3) is 0.167. The van der Waals surface area contributed by atoms with E-state index in [2.05, 4.69) is 209 Å². The number of fused-ring (bicyclic) bond motifs is 1. The minimum Gasteiger partial charge on any atom is -0.310 e. The van der Waals surface area contributed by atoms with E-state index in [0.717, 1.165) is 28.0 Å². The fourth-order valence-corrected chi connectivity index (χ4v) is 10.2. The summed E-state index contributed by atoms with van der Waals surface area (Å²) in [5.41, 5.74) is 19.2. The van der Waals surface area contributed by atoms with Crippen LogP contribution in [-0.4, -0.2) is 4.98 Å². The zero-order chi connectivity index (χ0) is 38.8. The van der Waals surface area contributed by atoms with Gasteiger partial charge in [0.05, 0.1) is 17.1 Å². The third-order valence-corrected chi connectivity index (χ3v) is 13.3. The molecule has 3 nitrogen and oxygen atoms in total. The first-order chi connectivity index (χ1) is 27.5. The summed E-state index contributed by atoms with van der Waals surface area (Å²) in [5.74, 6) is 0. The van der Waals surface area contributed by atoms with Gasteiger partial charge in [-0.3, -0.25) is 0 Å². The van der Waals surface area contributed by atoms with Crippen LogP contribution in [0.25, 0.3) is 33.2 Å². The third kappa shape index (κ3) is 5.04. The Bertz CT molecular complexity index is 2900. The van der Waals surface area contributed by atoms with E-state index in [9.17, 15) is 0 Å². The van der Waals surface area contributed by atoms with Crippen molar-refractivity contribution in [3.63, 3.8) is 0 Å². The Balaban J connectivity index is 0.00000408. The number of anilines is 6. The van der Waals surface area contributed by atoms with Crippen LogP contribution >= 0.6 is 0 Å². The van der Waals surface area contributed by atoms with Gasteiger partial charge in [0, 0.05) is 59.6 Å². The molecule has 0 aliphatic carbocycles. The van der Waals surface area contributed by atoms with E-state index >= 15 is 0 Å². The van der Waals surface area contributed by atoms with Gasteiger partial charge in [-0.1, -0.05) is 120 Å². The van der Waals surface area contributed by atoms with Crippen LogP contribution in [0.4, 0.5) is 34.1 Å². The molecule has 3 aliphatic rings. The maximum Gasteiger partial charge on any atom is 0.0545 e. The molecule has 58 heavy (non-hydrogen) atoms. The summed E-state index contributed by atoms with van der Waals surface area (Å²) in [6.45, 7) is 14.6. The van der Waals surface area contributed by atoms with Crippen LogP contribution in [0.5, 0.6) is 0 Å². The zero-order valence-corrected chi connectivity index (χ0v) is 36.1. The topological polar surface area (TPSA) is 19.4 Å². The second kappa shape index (κ2) is 12.9. The number of para-hydroxylation sites is 3. The molecule has 0 saturated heterocycles. The molecule has 3 aliphatic heterocycles. The molecule has 0 atom stereocenters. The Hall–Kier alpha value is -5.80. The molecule has 4 heterocycles. The molecular weight excluding hydrogens is 883 g/mol. The molecule has 4 heteroatoms. The van der Waals surface area contributed by atoms with Crippen molar-refractivity contribution < 1.29 is 20.1 Å². The van der Waals surface area contributed by atoms with Gasteiger partial charge in [0.2, 0.25) is 0 Å². The van der Waals surface area contributed by atoms with Crippen molar-refractivity contribution in [2.45, 2.75) is 57.8 Å². The van der Waals surface area contributed by atoms with Crippen LogP contribution < -0.4 is 9.80 Å². The minimum atomic E-state index is -0.327. The molecule has 285 valence electrons. The molecule has 11 rings (SSSR count). The molecule has 0 unspecified atom stereocenters. The smallest absolute Gasteiger partial charge is 0.0545 e. The van der Waals surface area contributed by atoms with Gasteiger partial charge in [0.15, 0.2) is 0 Å². The summed E-state index contributed by atoms with van der Waals surface area (Å²) in [6, 6.07) is 59.3. The number of hydrogen-bond donors (Lipinski definition) is 0. The van der Waals surface area contributed by atoms with E-state index in [0.29, 0.717) is 0 Å². The van der Waals surface area contributed by atoms with E-state index in [1.54, 1.807) is 0 Å². The Labute approximate surface area is 355 Å². The first-order valence-corrected chi connectivity index (χ1v) is 20.1. The number of hydrogen-bond acceptors (Lipinski definition) is 3. The maximum atomic E-state index is 4.88. The second-order valence-electron chi connectivity index (χ2n) is 17.6. The van der Waals surface area contributed by atoms with Crippen molar-refractivity contribution >= 4 is 44.9 Å². The number of nitrogens with zero attached hydrogens (tertiary/aromatic N) is 3. The predicted molar refractivity (Wildman–Crippen MR) is 237 cm³/mol. The van der Waals surface area contributed by atoms with Gasteiger partial charge >= 0.3 is 0 Å². The van der Waals surface area contributed by atoms with Crippen LogP contribution in [0, 0.1) is 6.07 Å². The van der Waals surface area contributed by atoms with Crippen molar-refractivity contribution in [1.29, 1.82) is 0 Å². The number of rotatable bonds is 5. The van der Waals surface area contributed by atoms with Gasteiger partial charge in [-0.2, -0.15) is 0 Å². The molecule has 7 aromatic carbocycles. The van der Waals surface area contributed by atoms with Gasteiger partial charge in [-0.25, -0.2) is 0 Å². The maximum absolute atomic E-state index is 4.88. The van der Waals surface area contributed by atoms with Crippen LogP contribution in [0.1, 0.15) is 74.9 Å². The van der Waals surface area contributed by atoms with Crippen LogP contribution in [0.3, 0.4) is 0 Å². The summed E-state index contributed by atoms with van der Waals surface area (Å²) < 4.78 is 0. The third-order valence-electron chi connectivity index (χ3n) is 13.3. The van der Waals surface area contributed by atoms with E-state index in [4.69, 9.17) is 4.98 Å². The average molecular weight is 927 g/mol. The van der Waals surface area contributed by atoms with E-state index in [1.165, 1.54) is 72.6 Å². The van der Waals surface area contributed by atoms with Gasteiger partial charge < -0.3 is 14.8 Å². The molecule has 0 N–H and O–H groups in total. The zero-order valence-electron chi connectivity index (χ0n) is 33.7. The SMILES string of the molecule is CC1(C)c2cccc3c2N2c4c1cc(-c1cc[c-]c(-c5nccc6ccccc56)c1)cc4C(C)(C)c1cc(N(c4ccccc4)c4ccccc4)cc(c12)C3(C)C.[Ir]. The molecule has 0 saturated carbocycles. The summed E-state index contributed by atoms with van der Waals surface area (Å²) in [7, 11) is 0. The molecule has 0 spiro atoms. The van der Waals surface area contributed by atoms with Crippen molar-refractivity contribution in [1.82, 2.24) is 4.98 Å². The summed E-state index contributed by atoms with van der Waals surface area (Å²) in [4.78, 5) is 9.97. The molecule has 1 radical (unpaired) electrons. The molecule has 8 aromatic rings. The summed E-state index contributed by atoms with van der Waals surface area (Å²) >= 11 is 0. The predicted octanol–water partition coefficient (Wildman–Crippen LogP) is 14.2. The quantitative estimate of drug-likeness (QED) is 0.160. The molecule has 0 amide bonds. The van der Waals surface area contributed by atoms with Crippen molar-refractivity contribution in [2.24, 2.45) is 0 Å². The van der Waals surface area contributed by atoms with Gasteiger partial charge in [-0.05, 0) is 110 Å². The van der Waals surface area contributed by atoms with Gasteiger partial charge in [-0.15, -0.1) is 35.4 Å². The first kappa shape index (κ1) is 36.5. The second-order valence-corrected chi connectivity index (χ2v) is 17.6. The Morgan fingerprint density at radius 3 is 1.60 bits per heavy atom. The average Bonchev–Trinajstić information content (AvgIpc) is 3.23. The fourth-order valence-electron chi connectivity index (χ4n) is 10.2. The molecule has 0 bridgehead atoms. The van der Waals surface area contributed by atoms with Crippen molar-refractivity contribution in [3.8, 4) is 22.4 Å².